The molecule has 5 rings (SSSR count). The van der Waals surface area contributed by atoms with Gasteiger partial charge >= 0.3 is 0 Å². The highest BCUT2D eigenvalue weighted by Gasteiger charge is 2.47. The number of amides is 1. The maximum atomic E-state index is 14.7. The largest absolute Gasteiger partial charge is 0.487 e. The molecule has 7 nitrogen and oxygen atoms in total. The highest BCUT2D eigenvalue weighted by molar-refractivity contribution is 6.03. The summed E-state index contributed by atoms with van der Waals surface area (Å²) in [4.78, 5) is 19.1. The van der Waals surface area contributed by atoms with Crippen molar-refractivity contribution >= 4 is 17.6 Å². The molecular formula is C24H29F2N3O4. The van der Waals surface area contributed by atoms with Crippen LogP contribution in [0.3, 0.4) is 0 Å². The molecule has 1 amide bonds. The lowest BCUT2D eigenvalue weighted by Crippen LogP contribution is -2.62. The van der Waals surface area contributed by atoms with Gasteiger partial charge < -0.3 is 24.1 Å². The van der Waals surface area contributed by atoms with Gasteiger partial charge in [0, 0.05) is 25.7 Å². The molecule has 1 saturated heterocycles. The van der Waals surface area contributed by atoms with Gasteiger partial charge in [0.15, 0.2) is 23.1 Å². The van der Waals surface area contributed by atoms with Crippen molar-refractivity contribution in [3.63, 3.8) is 0 Å². The number of anilines is 2. The lowest BCUT2D eigenvalue weighted by atomic mass is 9.91. The summed E-state index contributed by atoms with van der Waals surface area (Å²) < 4.78 is 46.3. The van der Waals surface area contributed by atoms with Gasteiger partial charge in [0.25, 0.3) is 11.9 Å². The van der Waals surface area contributed by atoms with E-state index in [0.29, 0.717) is 43.1 Å². The molecule has 1 aromatic carbocycles. The fourth-order valence-electron chi connectivity index (χ4n) is 5.00. The normalized spacial score (nSPS) is 24.9. The number of methoxy groups -OCH3 is 1. The van der Waals surface area contributed by atoms with Crippen LogP contribution in [0.15, 0.2) is 16.5 Å². The van der Waals surface area contributed by atoms with E-state index in [-0.39, 0.29) is 28.8 Å². The first-order chi connectivity index (χ1) is 15.8. The van der Waals surface area contributed by atoms with Gasteiger partial charge in [0.2, 0.25) is 0 Å². The van der Waals surface area contributed by atoms with E-state index in [1.807, 2.05) is 18.7 Å². The fraction of sp³-hybridized carbons (Fsp3) is 0.583. The minimum atomic E-state index is -0.764. The van der Waals surface area contributed by atoms with E-state index >= 15 is 0 Å². The van der Waals surface area contributed by atoms with E-state index in [0.717, 1.165) is 31.4 Å². The molecule has 0 bridgehead atoms. The number of hydrogen-bond donors (Lipinski definition) is 1. The van der Waals surface area contributed by atoms with Gasteiger partial charge in [0.1, 0.15) is 11.4 Å². The second kappa shape index (κ2) is 8.27. The molecule has 2 aromatic rings. The second-order valence-corrected chi connectivity index (χ2v) is 9.40. The lowest BCUT2D eigenvalue weighted by Gasteiger charge is -2.47. The van der Waals surface area contributed by atoms with Crippen LogP contribution in [0.25, 0.3) is 0 Å². The van der Waals surface area contributed by atoms with Gasteiger partial charge in [-0.25, -0.2) is 8.78 Å². The Bertz CT molecular complexity index is 1050. The first-order valence-electron chi connectivity index (χ1n) is 11.6. The molecule has 1 aromatic heterocycles. The van der Waals surface area contributed by atoms with E-state index in [1.54, 1.807) is 7.11 Å². The number of rotatable bonds is 8. The first-order valence-corrected chi connectivity index (χ1v) is 11.6. The number of ether oxygens (including phenoxy) is 2. The van der Waals surface area contributed by atoms with Crippen LogP contribution in [-0.2, 0) is 11.2 Å². The van der Waals surface area contributed by atoms with Crippen LogP contribution in [0.2, 0.25) is 0 Å². The summed E-state index contributed by atoms with van der Waals surface area (Å²) in [5.41, 5.74) is -0.449. The number of fused-ring (bicyclic) bond motifs is 1. The number of carbonyl (C=O) groups excluding carboxylic acids is 1. The Hall–Kier alpha value is -2.68. The zero-order valence-electron chi connectivity index (χ0n) is 19.1. The van der Waals surface area contributed by atoms with Crippen molar-refractivity contribution in [3.8, 4) is 5.75 Å². The first kappa shape index (κ1) is 22.1. The quantitative estimate of drug-likeness (QED) is 0.621. The van der Waals surface area contributed by atoms with E-state index in [2.05, 4.69) is 10.3 Å². The van der Waals surface area contributed by atoms with Crippen molar-refractivity contribution in [1.82, 2.24) is 4.98 Å². The van der Waals surface area contributed by atoms with Gasteiger partial charge in [-0.05, 0) is 37.5 Å². The van der Waals surface area contributed by atoms with Crippen LogP contribution in [0, 0.1) is 23.5 Å². The zero-order chi connectivity index (χ0) is 23.3. The number of carbonyl (C=O) groups is 1. The Morgan fingerprint density at radius 1 is 1.21 bits per heavy atom. The molecule has 2 aliphatic carbocycles. The average molecular weight is 462 g/mol. The minimum Gasteiger partial charge on any atom is -0.487 e. The Balaban J connectivity index is 1.28. The molecular weight excluding hydrogens is 432 g/mol. The minimum absolute atomic E-state index is 0.0595. The molecule has 1 unspecified atom stereocenters. The highest BCUT2D eigenvalue weighted by atomic mass is 19.1. The van der Waals surface area contributed by atoms with Crippen molar-refractivity contribution in [1.29, 1.82) is 0 Å². The third kappa shape index (κ3) is 4.07. The van der Waals surface area contributed by atoms with E-state index in [9.17, 15) is 13.6 Å². The molecule has 2 heterocycles. The van der Waals surface area contributed by atoms with Crippen molar-refractivity contribution in [2.45, 2.75) is 57.7 Å². The standard InChI is InChI=1S/C24H29F2N3O4/c1-4-19-21(28-23(33-19)29-11-24(5-2,12-29)31-3)22(30)27-18-9-17(26)20(10-16(18)25)32-15-7-13-6-14(13)8-15/h9-10,13-15H,4-8,11-12H2,1-3H3,(H,27,30)/t13-,14?,15+/m0/s1. The number of nitrogens with one attached hydrogen (secondary N) is 1. The third-order valence-corrected chi connectivity index (χ3v) is 7.29. The molecule has 178 valence electrons. The van der Waals surface area contributed by atoms with Crippen molar-refractivity contribution in [2.75, 3.05) is 30.4 Å². The van der Waals surface area contributed by atoms with Crippen molar-refractivity contribution < 1.29 is 27.5 Å². The molecule has 3 aliphatic rings. The monoisotopic (exact) mass is 461 g/mol. The maximum Gasteiger partial charge on any atom is 0.298 e. The number of hydrogen-bond acceptors (Lipinski definition) is 6. The molecule has 33 heavy (non-hydrogen) atoms. The lowest BCUT2D eigenvalue weighted by molar-refractivity contribution is -0.0379. The Kier molecular flexibility index (Phi) is 5.55. The van der Waals surface area contributed by atoms with Crippen LogP contribution in [0.4, 0.5) is 20.5 Å². The van der Waals surface area contributed by atoms with Gasteiger partial charge in [-0.1, -0.05) is 13.8 Å². The topological polar surface area (TPSA) is 76.8 Å². The van der Waals surface area contributed by atoms with E-state index < -0.39 is 17.5 Å². The summed E-state index contributed by atoms with van der Waals surface area (Å²) >= 11 is 0. The fourth-order valence-corrected chi connectivity index (χ4v) is 5.00. The van der Waals surface area contributed by atoms with Gasteiger partial charge in [-0.2, -0.15) is 4.98 Å². The predicted octanol–water partition coefficient (Wildman–Crippen LogP) is 4.56. The van der Waals surface area contributed by atoms with Crippen LogP contribution in [-0.4, -0.2) is 42.8 Å². The molecule has 2 saturated carbocycles. The number of oxazole rings is 1. The number of nitrogens with zero attached hydrogens (tertiary/aromatic N) is 2. The van der Waals surface area contributed by atoms with Gasteiger partial charge in [-0.3, -0.25) is 4.79 Å². The Morgan fingerprint density at radius 2 is 1.94 bits per heavy atom. The van der Waals surface area contributed by atoms with Gasteiger partial charge in [-0.15, -0.1) is 0 Å². The SMILES string of the molecule is CCc1oc(N2CC(CC)(OC)C2)nc1C(=O)Nc1cc(F)c(O[C@H]2CC3C[C@H]3C2)cc1F. The molecule has 9 heteroatoms. The Labute approximate surface area is 191 Å². The van der Waals surface area contributed by atoms with Gasteiger partial charge in [0.05, 0.1) is 24.9 Å². The number of benzene rings is 1. The molecule has 0 radical (unpaired) electrons. The number of aryl methyl sites for hydroxylation is 1. The summed E-state index contributed by atoms with van der Waals surface area (Å²) in [7, 11) is 1.67. The van der Waals surface area contributed by atoms with Crippen molar-refractivity contribution in [3.05, 3.63) is 35.2 Å². The maximum absolute atomic E-state index is 14.7. The van der Waals surface area contributed by atoms with Crippen LogP contribution in [0.1, 0.15) is 55.8 Å². The number of aromatic nitrogens is 1. The molecule has 0 spiro atoms. The number of halogens is 2. The predicted molar refractivity (Wildman–Crippen MR) is 118 cm³/mol. The molecule has 3 fully saturated rings. The van der Waals surface area contributed by atoms with E-state index in [1.165, 1.54) is 6.42 Å². The zero-order valence-corrected chi connectivity index (χ0v) is 19.1. The molecule has 3 atom stereocenters. The van der Waals surface area contributed by atoms with E-state index in [4.69, 9.17) is 13.9 Å². The Morgan fingerprint density at radius 3 is 2.58 bits per heavy atom. The van der Waals surface area contributed by atoms with Crippen molar-refractivity contribution in [2.24, 2.45) is 11.8 Å². The third-order valence-electron chi connectivity index (χ3n) is 7.29. The average Bonchev–Trinajstić information content (AvgIpc) is 3.18. The second-order valence-electron chi connectivity index (χ2n) is 9.40. The highest BCUT2D eigenvalue weighted by Crippen LogP contribution is 2.52. The summed E-state index contributed by atoms with van der Waals surface area (Å²) in [6, 6.07) is 2.27. The summed E-state index contributed by atoms with van der Waals surface area (Å²) in [6.45, 7) is 5.10. The molecule has 1 aliphatic heterocycles. The molecule has 1 N–H and O–H groups in total. The summed E-state index contributed by atoms with van der Waals surface area (Å²) in [5, 5.41) is 2.43. The van der Waals surface area contributed by atoms with Crippen LogP contribution >= 0.6 is 0 Å². The summed E-state index contributed by atoms with van der Waals surface area (Å²) in [5.74, 6) is -0.519. The van der Waals surface area contributed by atoms with Crippen LogP contribution < -0.4 is 15.0 Å². The smallest absolute Gasteiger partial charge is 0.298 e. The summed E-state index contributed by atoms with van der Waals surface area (Å²) in [6.07, 6.45) is 4.20. The van der Waals surface area contributed by atoms with Crippen LogP contribution in [0.5, 0.6) is 5.75 Å².